The number of aryl methyl sites for hydroxylation is 1. The van der Waals surface area contributed by atoms with Crippen molar-refractivity contribution in [2.75, 3.05) is 5.75 Å². The highest BCUT2D eigenvalue weighted by Crippen LogP contribution is 2.24. The summed E-state index contributed by atoms with van der Waals surface area (Å²) < 4.78 is 0. The van der Waals surface area contributed by atoms with E-state index in [1.807, 2.05) is 32.9 Å². The van der Waals surface area contributed by atoms with Crippen LogP contribution in [0.1, 0.15) is 50.3 Å². The van der Waals surface area contributed by atoms with Crippen molar-refractivity contribution in [3.8, 4) is 0 Å². The van der Waals surface area contributed by atoms with Crippen LogP contribution in [0, 0.1) is 6.92 Å². The minimum absolute atomic E-state index is 0.0502. The lowest BCUT2D eigenvalue weighted by atomic mass is 10.1. The fraction of sp³-hybridized carbons (Fsp3) is 0.440. The zero-order valence-corrected chi connectivity index (χ0v) is 21.5. The maximum absolute atomic E-state index is 13.3. The molecule has 7 heteroatoms. The Hall–Kier alpha value is -1.69. The van der Waals surface area contributed by atoms with Crippen molar-refractivity contribution in [2.24, 2.45) is 0 Å². The molecule has 0 saturated heterocycles. The van der Waals surface area contributed by atoms with Crippen molar-refractivity contribution in [1.29, 1.82) is 0 Å². The molecule has 0 heterocycles. The van der Waals surface area contributed by atoms with Gasteiger partial charge in [0.05, 0.1) is 15.8 Å². The number of thioether (sulfide) groups is 1. The number of benzene rings is 2. The molecule has 0 fully saturated rings. The predicted molar refractivity (Wildman–Crippen MR) is 136 cm³/mol. The molecule has 0 aromatic heterocycles. The first kappa shape index (κ1) is 26.6. The van der Waals surface area contributed by atoms with E-state index in [1.165, 1.54) is 11.1 Å². The van der Waals surface area contributed by atoms with Crippen molar-refractivity contribution >= 4 is 46.8 Å². The van der Waals surface area contributed by atoms with E-state index in [9.17, 15) is 9.59 Å². The van der Waals surface area contributed by atoms with Crippen molar-refractivity contribution in [3.05, 3.63) is 69.2 Å². The molecule has 174 valence electrons. The number of carbonyl (C=O) groups is 2. The summed E-state index contributed by atoms with van der Waals surface area (Å²) in [4.78, 5) is 27.9. The molecule has 2 rings (SSSR count). The van der Waals surface area contributed by atoms with Crippen LogP contribution in [0.2, 0.25) is 10.0 Å². The Labute approximate surface area is 206 Å². The van der Waals surface area contributed by atoms with Gasteiger partial charge >= 0.3 is 0 Å². The molecule has 1 N–H and O–H groups in total. The summed E-state index contributed by atoms with van der Waals surface area (Å²) in [6, 6.07) is 13.1. The van der Waals surface area contributed by atoms with E-state index >= 15 is 0 Å². The molecule has 4 nitrogen and oxygen atoms in total. The predicted octanol–water partition coefficient (Wildman–Crippen LogP) is 6.26. The molecule has 0 aliphatic rings. The van der Waals surface area contributed by atoms with Gasteiger partial charge in [0.25, 0.3) is 0 Å². The Kier molecular flexibility index (Phi) is 10.9. The number of hydrogen-bond acceptors (Lipinski definition) is 3. The maximum Gasteiger partial charge on any atom is 0.243 e. The van der Waals surface area contributed by atoms with E-state index in [2.05, 4.69) is 30.4 Å². The van der Waals surface area contributed by atoms with Crippen LogP contribution in [0.15, 0.2) is 42.5 Å². The van der Waals surface area contributed by atoms with Gasteiger partial charge in [0.1, 0.15) is 6.04 Å². The normalized spacial score (nSPS) is 12.8. The largest absolute Gasteiger partial charge is 0.352 e. The molecule has 2 amide bonds. The zero-order valence-electron chi connectivity index (χ0n) is 19.2. The minimum Gasteiger partial charge on any atom is -0.352 e. The Morgan fingerprint density at radius 1 is 1.03 bits per heavy atom. The van der Waals surface area contributed by atoms with Gasteiger partial charge in [0.2, 0.25) is 11.8 Å². The fourth-order valence-corrected chi connectivity index (χ4v) is 4.51. The first-order valence-corrected chi connectivity index (χ1v) is 12.8. The standard InChI is InChI=1S/C25H32Cl2N2O2S/c1-5-18(4)28-25(31)23(6-2)29(14-19-10-11-21(26)22(27)13-19)24(30)16-32-15-20-9-7-8-17(3)12-20/h7-13,18,23H,5-6,14-16H2,1-4H3,(H,28,31)/t18-,23+/m0/s1. The van der Waals surface area contributed by atoms with E-state index in [0.29, 0.717) is 28.8 Å². The molecule has 2 aromatic carbocycles. The van der Waals surface area contributed by atoms with Crippen LogP contribution in [0.25, 0.3) is 0 Å². The maximum atomic E-state index is 13.3. The van der Waals surface area contributed by atoms with Gasteiger partial charge in [-0.3, -0.25) is 9.59 Å². The second-order valence-electron chi connectivity index (χ2n) is 7.99. The van der Waals surface area contributed by atoms with Gasteiger partial charge in [0, 0.05) is 18.3 Å². The van der Waals surface area contributed by atoms with Crippen LogP contribution in [-0.4, -0.2) is 34.6 Å². The summed E-state index contributed by atoms with van der Waals surface area (Å²) >= 11 is 13.8. The first-order valence-electron chi connectivity index (χ1n) is 10.9. The average Bonchev–Trinajstić information content (AvgIpc) is 2.75. The highest BCUT2D eigenvalue weighted by Gasteiger charge is 2.29. The van der Waals surface area contributed by atoms with Gasteiger partial charge in [-0.05, 0) is 49.9 Å². The smallest absolute Gasteiger partial charge is 0.243 e. The molecule has 0 spiro atoms. The van der Waals surface area contributed by atoms with E-state index in [4.69, 9.17) is 23.2 Å². The Morgan fingerprint density at radius 2 is 1.78 bits per heavy atom. The SMILES string of the molecule is CC[C@H](C(=O)N[C@@H](C)CC)N(Cc1ccc(Cl)c(Cl)c1)C(=O)CSCc1cccc(C)c1. The molecule has 32 heavy (non-hydrogen) atoms. The Morgan fingerprint density at radius 3 is 2.41 bits per heavy atom. The third-order valence-electron chi connectivity index (χ3n) is 5.30. The van der Waals surface area contributed by atoms with E-state index in [0.717, 1.165) is 17.7 Å². The number of hydrogen-bond donors (Lipinski definition) is 1. The summed E-state index contributed by atoms with van der Waals surface area (Å²) in [5.74, 6) is 0.838. The molecule has 2 aromatic rings. The number of nitrogens with zero attached hydrogens (tertiary/aromatic N) is 1. The lowest BCUT2D eigenvalue weighted by Crippen LogP contribution is -2.51. The van der Waals surface area contributed by atoms with Crippen LogP contribution in [0.3, 0.4) is 0 Å². The summed E-state index contributed by atoms with van der Waals surface area (Å²) in [5, 5.41) is 3.92. The van der Waals surface area contributed by atoms with E-state index in [-0.39, 0.29) is 17.9 Å². The first-order chi connectivity index (χ1) is 15.2. The van der Waals surface area contributed by atoms with Gasteiger partial charge < -0.3 is 10.2 Å². The van der Waals surface area contributed by atoms with Crippen molar-refractivity contribution in [3.63, 3.8) is 0 Å². The molecule has 0 radical (unpaired) electrons. The third-order valence-corrected chi connectivity index (χ3v) is 7.03. The minimum atomic E-state index is -0.550. The number of carbonyl (C=O) groups excluding carboxylic acids is 2. The van der Waals surface area contributed by atoms with Gasteiger partial charge in [0.15, 0.2) is 0 Å². The molecule has 0 bridgehead atoms. The molecule has 0 aliphatic heterocycles. The van der Waals surface area contributed by atoms with Crippen LogP contribution in [0.5, 0.6) is 0 Å². The highest BCUT2D eigenvalue weighted by molar-refractivity contribution is 7.99. The average molecular weight is 496 g/mol. The number of halogens is 2. The van der Waals surface area contributed by atoms with Crippen LogP contribution >= 0.6 is 35.0 Å². The van der Waals surface area contributed by atoms with E-state index < -0.39 is 6.04 Å². The Bertz CT molecular complexity index is 923. The quantitative estimate of drug-likeness (QED) is 0.401. The molecule has 0 saturated carbocycles. The second-order valence-corrected chi connectivity index (χ2v) is 9.79. The van der Waals surface area contributed by atoms with Gasteiger partial charge in [-0.1, -0.05) is 72.9 Å². The van der Waals surface area contributed by atoms with Crippen LogP contribution < -0.4 is 5.32 Å². The van der Waals surface area contributed by atoms with E-state index in [1.54, 1.807) is 28.8 Å². The Balaban J connectivity index is 2.17. The van der Waals surface area contributed by atoms with Crippen molar-refractivity contribution < 1.29 is 9.59 Å². The molecular weight excluding hydrogens is 463 g/mol. The number of amides is 2. The van der Waals surface area contributed by atoms with Crippen molar-refractivity contribution in [2.45, 2.75) is 64.9 Å². The molecule has 2 atom stereocenters. The summed E-state index contributed by atoms with van der Waals surface area (Å²) in [6.45, 7) is 8.27. The van der Waals surface area contributed by atoms with Gasteiger partial charge in [-0.2, -0.15) is 0 Å². The monoisotopic (exact) mass is 494 g/mol. The van der Waals surface area contributed by atoms with Crippen LogP contribution in [-0.2, 0) is 21.9 Å². The summed E-state index contributed by atoms with van der Waals surface area (Å²) in [7, 11) is 0. The van der Waals surface area contributed by atoms with Gasteiger partial charge in [-0.25, -0.2) is 0 Å². The number of rotatable bonds is 11. The van der Waals surface area contributed by atoms with Crippen molar-refractivity contribution in [1.82, 2.24) is 10.2 Å². The third kappa shape index (κ3) is 8.02. The highest BCUT2D eigenvalue weighted by atomic mass is 35.5. The lowest BCUT2D eigenvalue weighted by molar-refractivity contribution is -0.139. The summed E-state index contributed by atoms with van der Waals surface area (Å²) in [5.41, 5.74) is 3.22. The van der Waals surface area contributed by atoms with Crippen LogP contribution in [0.4, 0.5) is 0 Å². The summed E-state index contributed by atoms with van der Waals surface area (Å²) in [6.07, 6.45) is 1.35. The zero-order chi connectivity index (χ0) is 23.7. The number of nitrogens with one attached hydrogen (secondary N) is 1. The molecule has 0 aliphatic carbocycles. The molecular formula is C25H32Cl2N2O2S. The second kappa shape index (κ2) is 13.1. The van der Waals surface area contributed by atoms with Gasteiger partial charge in [-0.15, -0.1) is 11.8 Å². The molecule has 0 unspecified atom stereocenters. The lowest BCUT2D eigenvalue weighted by Gasteiger charge is -2.31. The fourth-order valence-electron chi connectivity index (χ4n) is 3.34. The topological polar surface area (TPSA) is 49.4 Å².